The van der Waals surface area contributed by atoms with Crippen LogP contribution >= 0.6 is 0 Å². The average Bonchev–Trinajstić information content (AvgIpc) is 2.72. The van der Waals surface area contributed by atoms with Gasteiger partial charge in [0.15, 0.2) is 0 Å². The quantitative estimate of drug-likeness (QED) is 0.431. The fraction of sp³-hybridized carbons (Fsp3) is 0.692. The molecule has 0 atom stereocenters. The molecule has 0 heterocycles. The van der Waals surface area contributed by atoms with Gasteiger partial charge in [0.2, 0.25) is 0 Å². The molecule has 1 N–H and O–H groups in total. The highest BCUT2D eigenvalue weighted by molar-refractivity contribution is 5.97. The number of ether oxygens (including phenoxy) is 2. The third-order valence-corrected chi connectivity index (χ3v) is 6.22. The number of nitrogens with one attached hydrogen (secondary N) is 1. The van der Waals surface area contributed by atoms with Crippen LogP contribution in [0.1, 0.15) is 86.0 Å². The third kappa shape index (κ3) is 8.54. The lowest BCUT2D eigenvalue weighted by Gasteiger charge is -2.26. The molecule has 0 radical (unpaired) electrons. The van der Waals surface area contributed by atoms with Crippen molar-refractivity contribution in [2.75, 3.05) is 20.2 Å². The van der Waals surface area contributed by atoms with Crippen LogP contribution in [0.2, 0.25) is 0 Å². The number of nitrogens with zero attached hydrogens (tertiary/aromatic N) is 1. The van der Waals surface area contributed by atoms with E-state index < -0.39 is 0 Å². The molecule has 0 aromatic carbocycles. The highest BCUT2D eigenvalue weighted by Gasteiger charge is 2.20. The van der Waals surface area contributed by atoms with Gasteiger partial charge in [-0.2, -0.15) is 0 Å². The fourth-order valence-corrected chi connectivity index (χ4v) is 3.96. The van der Waals surface area contributed by atoms with Crippen LogP contribution in [-0.2, 0) is 9.47 Å². The second-order valence-electron chi connectivity index (χ2n) is 10.2. The molecule has 2 aliphatic rings. The summed E-state index contributed by atoms with van der Waals surface area (Å²) in [6.07, 6.45) is 13.1. The minimum atomic E-state index is -0.337. The zero-order chi connectivity index (χ0) is 23.0. The molecule has 5 heteroatoms. The van der Waals surface area contributed by atoms with Gasteiger partial charge >= 0.3 is 6.09 Å². The molecule has 2 rings (SSSR count). The van der Waals surface area contributed by atoms with E-state index in [1.807, 2.05) is 6.92 Å². The van der Waals surface area contributed by atoms with Crippen LogP contribution < -0.4 is 0 Å². The Labute approximate surface area is 189 Å². The van der Waals surface area contributed by atoms with Crippen molar-refractivity contribution in [1.82, 2.24) is 4.90 Å². The van der Waals surface area contributed by atoms with E-state index in [9.17, 15) is 4.79 Å². The topological polar surface area (TPSA) is 62.6 Å². The molecular weight excluding hydrogens is 388 g/mol. The van der Waals surface area contributed by atoms with E-state index in [0.717, 1.165) is 36.2 Å². The first kappa shape index (κ1) is 25.2. The Morgan fingerprint density at radius 3 is 2.35 bits per heavy atom. The maximum absolute atomic E-state index is 12.4. The Bertz CT molecular complexity index is 734. The van der Waals surface area contributed by atoms with Gasteiger partial charge in [-0.25, -0.2) is 4.79 Å². The van der Waals surface area contributed by atoms with Crippen molar-refractivity contribution in [3.05, 3.63) is 34.6 Å². The van der Waals surface area contributed by atoms with E-state index in [0.29, 0.717) is 18.4 Å². The van der Waals surface area contributed by atoms with Crippen molar-refractivity contribution in [3.8, 4) is 0 Å². The minimum absolute atomic E-state index is 0.131. The maximum atomic E-state index is 12.4. The summed E-state index contributed by atoms with van der Waals surface area (Å²) in [5, 5.41) is 8.19. The molecule has 0 aliphatic heterocycles. The Kier molecular flexibility index (Phi) is 9.39. The van der Waals surface area contributed by atoms with Gasteiger partial charge in [-0.1, -0.05) is 33.3 Å². The average molecular weight is 431 g/mol. The van der Waals surface area contributed by atoms with Crippen molar-refractivity contribution in [2.45, 2.75) is 92.1 Å². The van der Waals surface area contributed by atoms with Crippen LogP contribution in [-0.4, -0.2) is 43.0 Å². The summed E-state index contributed by atoms with van der Waals surface area (Å²) in [6.45, 7) is 11.0. The number of carbonyl (C=O) groups is 1. The standard InChI is InChI=1S/C26H42N2O3/c1-19(21-12-14-23(15-13-21)31-22-10-8-7-9-11-22)24(20(2)27)18-30-25(29)28(6)17-16-26(3,4)5/h12,14,22,27H,7-11,13,15-18H2,1-6H3/b24-19+,27-20?. The van der Waals surface area contributed by atoms with Crippen molar-refractivity contribution in [1.29, 1.82) is 5.41 Å². The van der Waals surface area contributed by atoms with Crippen LogP contribution in [0.15, 0.2) is 34.6 Å². The minimum Gasteiger partial charge on any atom is -0.495 e. The van der Waals surface area contributed by atoms with E-state index in [1.165, 1.54) is 37.7 Å². The predicted octanol–water partition coefficient (Wildman–Crippen LogP) is 6.80. The largest absolute Gasteiger partial charge is 0.495 e. The van der Waals surface area contributed by atoms with Crippen LogP contribution in [0.25, 0.3) is 0 Å². The number of amides is 1. The van der Waals surface area contributed by atoms with Crippen LogP contribution in [0, 0.1) is 10.8 Å². The first-order valence-corrected chi connectivity index (χ1v) is 11.8. The molecule has 2 aliphatic carbocycles. The van der Waals surface area contributed by atoms with Gasteiger partial charge in [-0.15, -0.1) is 0 Å². The van der Waals surface area contributed by atoms with Crippen molar-refractivity contribution >= 4 is 11.8 Å². The van der Waals surface area contributed by atoms with E-state index in [4.69, 9.17) is 14.9 Å². The molecule has 0 aromatic rings. The monoisotopic (exact) mass is 430 g/mol. The third-order valence-electron chi connectivity index (χ3n) is 6.22. The predicted molar refractivity (Wildman–Crippen MR) is 128 cm³/mol. The zero-order valence-corrected chi connectivity index (χ0v) is 20.5. The molecule has 1 saturated carbocycles. The Hall–Kier alpha value is -2.04. The van der Waals surface area contributed by atoms with Crippen LogP contribution in [0.3, 0.4) is 0 Å². The molecule has 5 nitrogen and oxygen atoms in total. The van der Waals surface area contributed by atoms with Gasteiger partial charge in [-0.3, -0.25) is 0 Å². The van der Waals surface area contributed by atoms with Gasteiger partial charge < -0.3 is 19.8 Å². The van der Waals surface area contributed by atoms with Crippen LogP contribution in [0.4, 0.5) is 4.79 Å². The lowest BCUT2D eigenvalue weighted by Crippen LogP contribution is -2.31. The van der Waals surface area contributed by atoms with Gasteiger partial charge in [-0.05, 0) is 75.0 Å². The smallest absolute Gasteiger partial charge is 0.409 e. The summed E-state index contributed by atoms with van der Waals surface area (Å²) >= 11 is 0. The summed E-state index contributed by atoms with van der Waals surface area (Å²) in [7, 11) is 1.77. The first-order chi connectivity index (χ1) is 14.6. The van der Waals surface area contributed by atoms with E-state index >= 15 is 0 Å². The van der Waals surface area contributed by atoms with Crippen molar-refractivity contribution in [2.24, 2.45) is 5.41 Å². The molecule has 0 aromatic heterocycles. The number of rotatable bonds is 8. The Balaban J connectivity index is 1.97. The second-order valence-corrected chi connectivity index (χ2v) is 10.2. The Morgan fingerprint density at radius 1 is 1.13 bits per heavy atom. The summed E-state index contributed by atoms with van der Waals surface area (Å²) in [5.74, 6) is 1.07. The Morgan fingerprint density at radius 2 is 1.81 bits per heavy atom. The molecule has 1 amide bonds. The lowest BCUT2D eigenvalue weighted by atomic mass is 9.92. The maximum Gasteiger partial charge on any atom is 0.409 e. The van der Waals surface area contributed by atoms with Gasteiger partial charge in [0.05, 0.1) is 11.9 Å². The van der Waals surface area contributed by atoms with E-state index in [-0.39, 0.29) is 18.1 Å². The molecular formula is C26H42N2O3. The summed E-state index contributed by atoms with van der Waals surface area (Å²) in [5.41, 5.74) is 3.62. The first-order valence-electron chi connectivity index (χ1n) is 11.8. The number of hydrogen-bond donors (Lipinski definition) is 1. The normalized spacial score (nSPS) is 18.5. The van der Waals surface area contributed by atoms with Gasteiger partial charge in [0.1, 0.15) is 6.61 Å². The van der Waals surface area contributed by atoms with Crippen molar-refractivity contribution < 1.29 is 14.3 Å². The van der Waals surface area contributed by atoms with Gasteiger partial charge in [0, 0.05) is 31.3 Å². The number of allylic oxidation sites excluding steroid dienone is 5. The molecule has 0 bridgehead atoms. The number of hydrogen-bond acceptors (Lipinski definition) is 4. The molecule has 174 valence electrons. The van der Waals surface area contributed by atoms with E-state index in [2.05, 4.69) is 32.9 Å². The molecule has 0 unspecified atom stereocenters. The van der Waals surface area contributed by atoms with Crippen molar-refractivity contribution in [3.63, 3.8) is 0 Å². The number of carbonyl (C=O) groups excluding carboxylic acids is 1. The highest BCUT2D eigenvalue weighted by Crippen LogP contribution is 2.30. The zero-order valence-electron chi connectivity index (χ0n) is 20.5. The van der Waals surface area contributed by atoms with E-state index in [1.54, 1.807) is 18.9 Å². The lowest BCUT2D eigenvalue weighted by molar-refractivity contribution is 0.0767. The second kappa shape index (κ2) is 11.5. The summed E-state index contributed by atoms with van der Waals surface area (Å²) < 4.78 is 11.8. The van der Waals surface area contributed by atoms with Gasteiger partial charge in [0.25, 0.3) is 0 Å². The molecule has 0 saturated heterocycles. The molecule has 1 fully saturated rings. The summed E-state index contributed by atoms with van der Waals surface area (Å²) in [6, 6.07) is 0. The summed E-state index contributed by atoms with van der Waals surface area (Å²) in [4.78, 5) is 14.0. The highest BCUT2D eigenvalue weighted by atomic mass is 16.6. The molecule has 31 heavy (non-hydrogen) atoms. The SMILES string of the molecule is CC(=N)/C(COC(=O)N(C)CCC(C)(C)C)=C(\C)C1=CC=C(OC2CCCCC2)CC1. The fourth-order valence-electron chi connectivity index (χ4n) is 3.96. The molecule has 0 spiro atoms. The van der Waals surface area contributed by atoms with Crippen LogP contribution in [0.5, 0.6) is 0 Å².